The molecule has 4 heteroatoms. The van der Waals surface area contributed by atoms with Gasteiger partial charge in [0, 0.05) is 0 Å². The zero-order chi connectivity index (χ0) is 8.97. The molecule has 0 spiro atoms. The molecule has 1 aromatic rings. The van der Waals surface area contributed by atoms with Crippen LogP contribution in [0.4, 0.5) is 5.69 Å². The standard InChI is InChI=1S/C8H12N2O2/c1-12-8-4-6(5-11)2-3-7(8)10-9/h2-4,10-11H,5,9H2,1H3. The number of hydrogen-bond acceptors (Lipinski definition) is 4. The Balaban J connectivity index is 3.02. The average molecular weight is 168 g/mol. The fourth-order valence-corrected chi connectivity index (χ4v) is 0.953. The number of ether oxygens (including phenoxy) is 1. The Labute approximate surface area is 70.9 Å². The Hall–Kier alpha value is -1.26. The molecule has 66 valence electrons. The number of methoxy groups -OCH3 is 1. The van der Waals surface area contributed by atoms with Crippen LogP contribution < -0.4 is 16.0 Å². The van der Waals surface area contributed by atoms with Gasteiger partial charge in [0.2, 0.25) is 0 Å². The van der Waals surface area contributed by atoms with Crippen LogP contribution in [0.5, 0.6) is 5.75 Å². The van der Waals surface area contributed by atoms with Crippen molar-refractivity contribution in [1.82, 2.24) is 0 Å². The first-order valence-corrected chi connectivity index (χ1v) is 3.56. The summed E-state index contributed by atoms with van der Waals surface area (Å²) in [6, 6.07) is 5.26. The van der Waals surface area contributed by atoms with Crippen molar-refractivity contribution in [3.8, 4) is 5.75 Å². The highest BCUT2D eigenvalue weighted by atomic mass is 16.5. The number of benzene rings is 1. The number of anilines is 1. The first kappa shape index (κ1) is 8.83. The molecular formula is C8H12N2O2. The second-order valence-corrected chi connectivity index (χ2v) is 2.34. The maximum Gasteiger partial charge on any atom is 0.143 e. The molecule has 1 aromatic carbocycles. The molecule has 0 radical (unpaired) electrons. The van der Waals surface area contributed by atoms with E-state index in [4.69, 9.17) is 15.7 Å². The Morgan fingerprint density at radius 1 is 1.58 bits per heavy atom. The zero-order valence-electron chi connectivity index (χ0n) is 6.87. The molecular weight excluding hydrogens is 156 g/mol. The van der Waals surface area contributed by atoms with Gasteiger partial charge in [0.25, 0.3) is 0 Å². The number of rotatable bonds is 3. The lowest BCUT2D eigenvalue weighted by Gasteiger charge is -2.08. The number of aliphatic hydroxyl groups is 1. The molecule has 0 saturated carbocycles. The number of hydrazine groups is 1. The molecule has 0 aliphatic rings. The average Bonchev–Trinajstić information content (AvgIpc) is 2.16. The number of nitrogen functional groups attached to an aromatic ring is 1. The molecule has 0 aromatic heterocycles. The van der Waals surface area contributed by atoms with Gasteiger partial charge in [-0.2, -0.15) is 0 Å². The summed E-state index contributed by atoms with van der Waals surface area (Å²) in [6.07, 6.45) is 0. The van der Waals surface area contributed by atoms with Crippen LogP contribution in [0.1, 0.15) is 5.56 Å². The molecule has 0 fully saturated rings. The summed E-state index contributed by atoms with van der Waals surface area (Å²) < 4.78 is 5.03. The summed E-state index contributed by atoms with van der Waals surface area (Å²) >= 11 is 0. The minimum Gasteiger partial charge on any atom is -0.495 e. The monoisotopic (exact) mass is 168 g/mol. The van der Waals surface area contributed by atoms with Gasteiger partial charge in [-0.25, -0.2) is 0 Å². The van der Waals surface area contributed by atoms with E-state index in [1.165, 1.54) is 0 Å². The first-order valence-electron chi connectivity index (χ1n) is 3.56. The highest BCUT2D eigenvalue weighted by Gasteiger charge is 2.01. The number of nitrogens with one attached hydrogen (secondary N) is 1. The SMILES string of the molecule is COc1cc(CO)ccc1NN. The van der Waals surface area contributed by atoms with Crippen molar-refractivity contribution >= 4 is 5.69 Å². The summed E-state index contributed by atoms with van der Waals surface area (Å²) in [5.41, 5.74) is 3.99. The molecule has 12 heavy (non-hydrogen) atoms. The van der Waals surface area contributed by atoms with E-state index in [1.807, 2.05) is 0 Å². The van der Waals surface area contributed by atoms with Gasteiger partial charge >= 0.3 is 0 Å². The van der Waals surface area contributed by atoms with Crippen LogP contribution in [-0.2, 0) is 6.61 Å². The van der Waals surface area contributed by atoms with Crippen molar-refractivity contribution in [2.45, 2.75) is 6.61 Å². The van der Waals surface area contributed by atoms with Crippen molar-refractivity contribution in [2.24, 2.45) is 5.84 Å². The lowest BCUT2D eigenvalue weighted by atomic mass is 10.2. The third kappa shape index (κ3) is 1.66. The van der Waals surface area contributed by atoms with Gasteiger partial charge in [0.1, 0.15) is 5.75 Å². The molecule has 0 unspecified atom stereocenters. The highest BCUT2D eigenvalue weighted by molar-refractivity contribution is 5.56. The quantitative estimate of drug-likeness (QED) is 0.453. The minimum absolute atomic E-state index is 0.00120. The summed E-state index contributed by atoms with van der Waals surface area (Å²) in [5.74, 6) is 5.85. The Morgan fingerprint density at radius 3 is 2.83 bits per heavy atom. The van der Waals surface area contributed by atoms with Crippen LogP contribution >= 0.6 is 0 Å². The minimum atomic E-state index is 0.00120. The Bertz CT molecular complexity index is 263. The van der Waals surface area contributed by atoms with E-state index >= 15 is 0 Å². The van der Waals surface area contributed by atoms with Crippen LogP contribution in [-0.4, -0.2) is 12.2 Å². The Morgan fingerprint density at radius 2 is 2.33 bits per heavy atom. The molecule has 0 amide bonds. The van der Waals surface area contributed by atoms with Crippen molar-refractivity contribution in [1.29, 1.82) is 0 Å². The van der Waals surface area contributed by atoms with E-state index in [-0.39, 0.29) is 6.61 Å². The van der Waals surface area contributed by atoms with Crippen LogP contribution in [0.2, 0.25) is 0 Å². The van der Waals surface area contributed by atoms with Gasteiger partial charge in [0.15, 0.2) is 0 Å². The summed E-state index contributed by atoms with van der Waals surface area (Å²) in [4.78, 5) is 0. The normalized spacial score (nSPS) is 9.58. The molecule has 0 saturated heterocycles. The lowest BCUT2D eigenvalue weighted by molar-refractivity contribution is 0.281. The van der Waals surface area contributed by atoms with Gasteiger partial charge < -0.3 is 15.3 Å². The van der Waals surface area contributed by atoms with E-state index in [0.29, 0.717) is 11.4 Å². The van der Waals surface area contributed by atoms with Crippen LogP contribution in [0.25, 0.3) is 0 Å². The molecule has 1 rings (SSSR count). The molecule has 4 nitrogen and oxygen atoms in total. The molecule has 4 N–H and O–H groups in total. The number of nitrogens with two attached hydrogens (primary N) is 1. The van der Waals surface area contributed by atoms with Gasteiger partial charge in [-0.05, 0) is 17.7 Å². The third-order valence-corrected chi connectivity index (χ3v) is 1.60. The number of hydrogen-bond donors (Lipinski definition) is 3. The maximum absolute atomic E-state index is 8.81. The first-order chi connectivity index (χ1) is 5.81. The second kappa shape index (κ2) is 3.94. The summed E-state index contributed by atoms with van der Waals surface area (Å²) in [6.45, 7) is 0.00120. The fourth-order valence-electron chi connectivity index (χ4n) is 0.953. The summed E-state index contributed by atoms with van der Waals surface area (Å²) in [5, 5.41) is 8.81. The molecule has 0 bridgehead atoms. The molecule has 0 aliphatic carbocycles. The predicted octanol–water partition coefficient (Wildman–Crippen LogP) is 0.473. The van der Waals surface area contributed by atoms with Crippen molar-refractivity contribution in [3.05, 3.63) is 23.8 Å². The van der Waals surface area contributed by atoms with Crippen molar-refractivity contribution in [2.75, 3.05) is 12.5 Å². The molecule has 0 heterocycles. The van der Waals surface area contributed by atoms with Crippen molar-refractivity contribution in [3.63, 3.8) is 0 Å². The third-order valence-electron chi connectivity index (χ3n) is 1.60. The fraction of sp³-hybridized carbons (Fsp3) is 0.250. The molecule has 0 atom stereocenters. The topological polar surface area (TPSA) is 67.5 Å². The highest BCUT2D eigenvalue weighted by Crippen LogP contribution is 2.24. The summed E-state index contributed by atoms with van der Waals surface area (Å²) in [7, 11) is 1.55. The largest absolute Gasteiger partial charge is 0.495 e. The van der Waals surface area contributed by atoms with Gasteiger partial charge in [-0.15, -0.1) is 0 Å². The van der Waals surface area contributed by atoms with E-state index in [0.717, 1.165) is 5.56 Å². The molecule has 0 aliphatic heterocycles. The lowest BCUT2D eigenvalue weighted by Crippen LogP contribution is -2.08. The smallest absolute Gasteiger partial charge is 0.143 e. The van der Waals surface area contributed by atoms with Crippen LogP contribution in [0.3, 0.4) is 0 Å². The van der Waals surface area contributed by atoms with E-state index in [9.17, 15) is 0 Å². The maximum atomic E-state index is 8.81. The van der Waals surface area contributed by atoms with E-state index < -0.39 is 0 Å². The van der Waals surface area contributed by atoms with E-state index in [2.05, 4.69) is 5.43 Å². The second-order valence-electron chi connectivity index (χ2n) is 2.34. The Kier molecular flexibility index (Phi) is 2.90. The van der Waals surface area contributed by atoms with Gasteiger partial charge in [0.05, 0.1) is 19.4 Å². The van der Waals surface area contributed by atoms with Gasteiger partial charge in [-0.1, -0.05) is 6.07 Å². The zero-order valence-corrected chi connectivity index (χ0v) is 6.87. The van der Waals surface area contributed by atoms with E-state index in [1.54, 1.807) is 25.3 Å². The van der Waals surface area contributed by atoms with Crippen LogP contribution in [0, 0.1) is 0 Å². The van der Waals surface area contributed by atoms with Crippen molar-refractivity contribution < 1.29 is 9.84 Å². The predicted molar refractivity (Wildman–Crippen MR) is 46.7 cm³/mol. The van der Waals surface area contributed by atoms with Gasteiger partial charge in [-0.3, -0.25) is 5.84 Å². The van der Waals surface area contributed by atoms with Crippen LogP contribution in [0.15, 0.2) is 18.2 Å². The number of aliphatic hydroxyl groups excluding tert-OH is 1.